The zero-order valence-electron chi connectivity index (χ0n) is 21.0. The number of carbonyl (C=O) groups excluding carboxylic acids is 1. The lowest BCUT2D eigenvalue weighted by Gasteiger charge is -2.14. The van der Waals surface area contributed by atoms with Gasteiger partial charge in [0.2, 0.25) is 0 Å². The number of benzene rings is 4. The molecule has 0 aliphatic heterocycles. The number of methoxy groups -OCH3 is 1. The molecule has 1 aromatic heterocycles. The quantitative estimate of drug-likeness (QED) is 0.167. The molecule has 0 atom stereocenters. The molecule has 7 nitrogen and oxygen atoms in total. The predicted molar refractivity (Wildman–Crippen MR) is 150 cm³/mol. The van der Waals surface area contributed by atoms with Crippen LogP contribution in [0.15, 0.2) is 103 Å². The van der Waals surface area contributed by atoms with Gasteiger partial charge in [0.05, 0.1) is 24.4 Å². The predicted octanol–water partition coefficient (Wildman–Crippen LogP) is 6.24. The molecule has 5 aromatic rings. The van der Waals surface area contributed by atoms with Gasteiger partial charge in [-0.15, -0.1) is 0 Å². The van der Waals surface area contributed by atoms with Gasteiger partial charge in [-0.25, -0.2) is 4.79 Å². The minimum absolute atomic E-state index is 0.0814. The number of Topliss-reactive ketones (excluding diaryl/α,β-unsaturated/α-hetero) is 1. The Morgan fingerprint density at radius 1 is 0.769 bits per heavy atom. The number of aliphatic carboxylic acids is 1. The molecular weight excluding hydrogens is 512 g/mol. The third-order valence-electron chi connectivity index (χ3n) is 6.21. The molecule has 194 valence electrons. The van der Waals surface area contributed by atoms with Crippen molar-refractivity contribution in [3.63, 3.8) is 0 Å². The maximum absolute atomic E-state index is 13.9. The van der Waals surface area contributed by atoms with Crippen LogP contribution in [0.5, 0.6) is 11.5 Å². The smallest absolute Gasteiger partial charge is 0.336 e. The van der Waals surface area contributed by atoms with E-state index in [9.17, 15) is 14.7 Å². The highest BCUT2D eigenvalue weighted by atomic mass is 32.1. The Balaban J connectivity index is 1.52. The van der Waals surface area contributed by atoms with E-state index in [-0.39, 0.29) is 23.4 Å². The molecule has 39 heavy (non-hydrogen) atoms. The van der Waals surface area contributed by atoms with Crippen LogP contribution < -0.4 is 9.47 Å². The van der Waals surface area contributed by atoms with Crippen molar-refractivity contribution in [1.29, 1.82) is 0 Å². The van der Waals surface area contributed by atoms with Crippen LogP contribution in [0.2, 0.25) is 0 Å². The van der Waals surface area contributed by atoms with Crippen molar-refractivity contribution in [3.8, 4) is 11.5 Å². The number of carboxylic acid groups (broad SMARTS) is 1. The first-order valence-electron chi connectivity index (χ1n) is 12.2. The Bertz CT molecular complexity index is 1660. The SMILES string of the molecule is COc1cccc(CC(C(=O)c2ccc(OCc3ccccc3)cc2)=C(C(=O)O)c2ccc3nsnc3c2)c1. The van der Waals surface area contributed by atoms with E-state index >= 15 is 0 Å². The molecule has 0 aliphatic rings. The summed E-state index contributed by atoms with van der Waals surface area (Å²) in [5.74, 6) is -0.368. The summed E-state index contributed by atoms with van der Waals surface area (Å²) in [6.07, 6.45) is 0.0945. The van der Waals surface area contributed by atoms with Crippen molar-refractivity contribution in [1.82, 2.24) is 8.75 Å². The van der Waals surface area contributed by atoms with Gasteiger partial charge in [0, 0.05) is 17.6 Å². The van der Waals surface area contributed by atoms with Gasteiger partial charge in [0.25, 0.3) is 0 Å². The van der Waals surface area contributed by atoms with Gasteiger partial charge in [0.15, 0.2) is 5.78 Å². The molecular formula is C31H24N2O5S. The summed E-state index contributed by atoms with van der Waals surface area (Å²) in [7, 11) is 1.56. The van der Waals surface area contributed by atoms with Crippen LogP contribution in [0, 0.1) is 0 Å². The normalized spacial score (nSPS) is 11.6. The molecule has 1 N–H and O–H groups in total. The molecule has 0 unspecified atom stereocenters. The van der Waals surface area contributed by atoms with E-state index in [1.165, 1.54) is 0 Å². The van der Waals surface area contributed by atoms with Gasteiger partial charge in [-0.3, -0.25) is 4.79 Å². The minimum atomic E-state index is -1.20. The first-order chi connectivity index (χ1) is 19.0. The number of fused-ring (bicyclic) bond motifs is 1. The Labute approximate surface area is 229 Å². The Morgan fingerprint density at radius 2 is 1.49 bits per heavy atom. The maximum atomic E-state index is 13.9. The van der Waals surface area contributed by atoms with Crippen molar-refractivity contribution >= 4 is 40.1 Å². The average Bonchev–Trinajstić information content (AvgIpc) is 3.44. The number of hydrogen-bond acceptors (Lipinski definition) is 7. The highest BCUT2D eigenvalue weighted by Crippen LogP contribution is 2.29. The van der Waals surface area contributed by atoms with Crippen molar-refractivity contribution in [2.45, 2.75) is 13.0 Å². The fourth-order valence-electron chi connectivity index (χ4n) is 4.25. The molecule has 4 aromatic carbocycles. The second-order valence-electron chi connectivity index (χ2n) is 8.78. The number of carboxylic acids is 1. The first kappa shape index (κ1) is 25.8. The number of allylic oxidation sites excluding steroid dienone is 1. The van der Waals surface area contributed by atoms with Crippen molar-refractivity contribution in [3.05, 3.63) is 125 Å². The second-order valence-corrected chi connectivity index (χ2v) is 9.31. The summed E-state index contributed by atoms with van der Waals surface area (Å²) in [6, 6.07) is 28.8. The lowest BCUT2D eigenvalue weighted by molar-refractivity contribution is -0.130. The molecule has 1 heterocycles. The van der Waals surface area contributed by atoms with Crippen molar-refractivity contribution in [2.24, 2.45) is 0 Å². The van der Waals surface area contributed by atoms with Gasteiger partial charge in [0.1, 0.15) is 29.1 Å². The van der Waals surface area contributed by atoms with E-state index in [2.05, 4.69) is 8.75 Å². The molecule has 0 saturated carbocycles. The van der Waals surface area contributed by atoms with E-state index in [1.54, 1.807) is 61.7 Å². The molecule has 5 rings (SSSR count). The van der Waals surface area contributed by atoms with Gasteiger partial charge in [-0.1, -0.05) is 48.5 Å². The van der Waals surface area contributed by atoms with E-state index in [1.807, 2.05) is 42.5 Å². The first-order valence-corrected chi connectivity index (χ1v) is 12.9. The van der Waals surface area contributed by atoms with Crippen molar-refractivity contribution in [2.75, 3.05) is 7.11 Å². The van der Waals surface area contributed by atoms with Gasteiger partial charge in [-0.05, 0) is 65.2 Å². The standard InChI is InChI=1S/C31H24N2O5S/c1-37-25-9-5-8-21(16-25)17-26(29(31(35)36)23-12-15-27-28(18-23)33-39-32-27)30(34)22-10-13-24(14-11-22)38-19-20-6-3-2-4-7-20/h2-16,18H,17,19H2,1H3,(H,35,36). The zero-order valence-corrected chi connectivity index (χ0v) is 21.9. The van der Waals surface area contributed by atoms with Gasteiger partial charge in [-0.2, -0.15) is 8.75 Å². The van der Waals surface area contributed by atoms with Crippen LogP contribution >= 0.6 is 11.7 Å². The van der Waals surface area contributed by atoms with Crippen LogP contribution in [0.1, 0.15) is 27.0 Å². The number of ether oxygens (including phenoxy) is 2. The largest absolute Gasteiger partial charge is 0.497 e. The molecule has 0 amide bonds. The summed E-state index contributed by atoms with van der Waals surface area (Å²) < 4.78 is 19.6. The summed E-state index contributed by atoms with van der Waals surface area (Å²) in [6.45, 7) is 0.395. The highest BCUT2D eigenvalue weighted by molar-refractivity contribution is 7.00. The average molecular weight is 537 g/mol. The molecule has 0 fully saturated rings. The van der Waals surface area contributed by atoms with Crippen LogP contribution in [-0.2, 0) is 17.8 Å². The van der Waals surface area contributed by atoms with Crippen LogP contribution in [0.25, 0.3) is 16.6 Å². The number of carbonyl (C=O) groups is 2. The number of nitrogens with zero attached hydrogens (tertiary/aromatic N) is 2. The number of rotatable bonds is 10. The summed E-state index contributed by atoms with van der Waals surface area (Å²) >= 11 is 1.05. The molecule has 0 radical (unpaired) electrons. The summed E-state index contributed by atoms with van der Waals surface area (Å²) in [5, 5.41) is 10.3. The van der Waals surface area contributed by atoms with Crippen molar-refractivity contribution < 1.29 is 24.2 Å². The third-order valence-corrected chi connectivity index (χ3v) is 6.77. The Hall–Kier alpha value is -4.82. The van der Waals surface area contributed by atoms with Gasteiger partial charge < -0.3 is 14.6 Å². The molecule has 0 aliphatic carbocycles. The zero-order chi connectivity index (χ0) is 27.2. The lowest BCUT2D eigenvalue weighted by Crippen LogP contribution is -2.14. The topological polar surface area (TPSA) is 98.6 Å². The molecule has 0 spiro atoms. The highest BCUT2D eigenvalue weighted by Gasteiger charge is 2.24. The lowest BCUT2D eigenvalue weighted by atomic mass is 9.89. The fourth-order valence-corrected chi connectivity index (χ4v) is 4.77. The van der Waals surface area contributed by atoms with E-state index in [0.717, 1.165) is 22.9 Å². The molecule has 0 bridgehead atoms. The number of hydrogen-bond donors (Lipinski definition) is 1. The van der Waals surface area contributed by atoms with Crippen LogP contribution in [0.3, 0.4) is 0 Å². The molecule has 8 heteroatoms. The summed E-state index contributed by atoms with van der Waals surface area (Å²) in [5.41, 5.74) is 3.82. The third kappa shape index (κ3) is 6.02. The summed E-state index contributed by atoms with van der Waals surface area (Å²) in [4.78, 5) is 26.6. The van der Waals surface area contributed by atoms with E-state index in [4.69, 9.17) is 9.47 Å². The van der Waals surface area contributed by atoms with E-state index < -0.39 is 5.97 Å². The monoisotopic (exact) mass is 536 g/mol. The second kappa shape index (κ2) is 11.7. The van der Waals surface area contributed by atoms with Gasteiger partial charge >= 0.3 is 5.97 Å². The maximum Gasteiger partial charge on any atom is 0.336 e. The Kier molecular flexibility index (Phi) is 7.75. The Morgan fingerprint density at radius 3 is 2.23 bits per heavy atom. The molecule has 0 saturated heterocycles. The minimum Gasteiger partial charge on any atom is -0.497 e. The van der Waals surface area contributed by atoms with Crippen LogP contribution in [0.4, 0.5) is 0 Å². The van der Waals surface area contributed by atoms with E-state index in [0.29, 0.717) is 40.3 Å². The number of aromatic nitrogens is 2. The van der Waals surface area contributed by atoms with Crippen LogP contribution in [-0.4, -0.2) is 32.7 Å². The fraction of sp³-hybridized carbons (Fsp3) is 0.0968. The number of ketones is 1.